The molecule has 0 aromatic heterocycles. The molecule has 4 nitrogen and oxygen atoms in total. The normalized spacial score (nSPS) is 18.9. The van der Waals surface area contributed by atoms with E-state index in [1.807, 2.05) is 25.1 Å². The molecule has 0 saturated carbocycles. The summed E-state index contributed by atoms with van der Waals surface area (Å²) in [5.41, 5.74) is 1.82. The molecule has 1 atom stereocenters. The van der Waals surface area contributed by atoms with Gasteiger partial charge in [-0.2, -0.15) is 0 Å². The monoisotopic (exact) mass is 296 g/mol. The lowest BCUT2D eigenvalue weighted by molar-refractivity contribution is -0.123. The average Bonchev–Trinajstić information content (AvgIpc) is 2.70. The minimum Gasteiger partial charge on any atom is -0.355 e. The Morgan fingerprint density at radius 3 is 2.94 bits per heavy atom. The summed E-state index contributed by atoms with van der Waals surface area (Å²) in [6.07, 6.45) is 0.273. The van der Waals surface area contributed by atoms with Crippen LogP contribution < -0.4 is 10.6 Å². The Morgan fingerprint density at radius 2 is 2.29 bits per heavy atom. The van der Waals surface area contributed by atoms with E-state index in [2.05, 4.69) is 26.6 Å². The highest BCUT2D eigenvalue weighted by Gasteiger charge is 2.28. The number of carbonyl (C=O) groups is 2. The van der Waals surface area contributed by atoms with E-state index in [1.54, 1.807) is 0 Å². The lowest BCUT2D eigenvalue weighted by Crippen LogP contribution is -2.24. The van der Waals surface area contributed by atoms with Gasteiger partial charge in [-0.25, -0.2) is 0 Å². The van der Waals surface area contributed by atoms with Gasteiger partial charge >= 0.3 is 0 Å². The Morgan fingerprint density at radius 1 is 1.53 bits per heavy atom. The van der Waals surface area contributed by atoms with Gasteiger partial charge in [0.2, 0.25) is 11.8 Å². The van der Waals surface area contributed by atoms with Gasteiger partial charge in [0.05, 0.1) is 11.6 Å². The molecule has 0 spiro atoms. The molecule has 5 heteroatoms. The summed E-state index contributed by atoms with van der Waals surface area (Å²) < 4.78 is 0.841. The van der Waals surface area contributed by atoms with Crippen LogP contribution in [-0.4, -0.2) is 18.4 Å². The topological polar surface area (TPSA) is 58.2 Å². The van der Waals surface area contributed by atoms with E-state index in [4.69, 9.17) is 0 Å². The van der Waals surface area contributed by atoms with Crippen molar-refractivity contribution in [3.63, 3.8) is 0 Å². The van der Waals surface area contributed by atoms with Crippen molar-refractivity contribution in [3.8, 4) is 0 Å². The largest absolute Gasteiger partial charge is 0.355 e. The van der Waals surface area contributed by atoms with Crippen LogP contribution in [0, 0.1) is 12.8 Å². The minimum absolute atomic E-state index is 0.0616. The quantitative estimate of drug-likeness (QED) is 0.875. The molecule has 2 N–H and O–H groups in total. The van der Waals surface area contributed by atoms with Gasteiger partial charge in [-0.3, -0.25) is 9.59 Å². The van der Waals surface area contributed by atoms with Crippen LogP contribution in [-0.2, 0) is 9.59 Å². The molecule has 1 saturated heterocycles. The maximum absolute atomic E-state index is 11.9. The molecule has 1 aromatic rings. The van der Waals surface area contributed by atoms with Crippen molar-refractivity contribution < 1.29 is 9.59 Å². The standard InChI is InChI=1S/C12H13BrN2O2/c1-7-2-3-9(13)10(4-7)15-12(17)8-5-11(16)14-6-8/h2-4,8H,5-6H2,1H3,(H,14,16)(H,15,17). The summed E-state index contributed by atoms with van der Waals surface area (Å²) in [4.78, 5) is 22.9. The van der Waals surface area contributed by atoms with Gasteiger partial charge < -0.3 is 10.6 Å². The van der Waals surface area contributed by atoms with Crippen LogP contribution in [0.25, 0.3) is 0 Å². The van der Waals surface area contributed by atoms with Crippen molar-refractivity contribution in [2.75, 3.05) is 11.9 Å². The maximum atomic E-state index is 11.9. The van der Waals surface area contributed by atoms with Crippen molar-refractivity contribution in [2.45, 2.75) is 13.3 Å². The molecule has 1 unspecified atom stereocenters. The van der Waals surface area contributed by atoms with Crippen LogP contribution >= 0.6 is 15.9 Å². The Labute approximate surface area is 108 Å². The summed E-state index contributed by atoms with van der Waals surface area (Å²) in [5.74, 6) is -0.446. The Kier molecular flexibility index (Phi) is 3.47. The van der Waals surface area contributed by atoms with Crippen LogP contribution in [0.3, 0.4) is 0 Å². The first-order chi connectivity index (χ1) is 8.06. The summed E-state index contributed by atoms with van der Waals surface area (Å²) in [5, 5.41) is 5.49. The van der Waals surface area contributed by atoms with E-state index < -0.39 is 0 Å². The molecule has 0 radical (unpaired) electrons. The molecule has 1 fully saturated rings. The van der Waals surface area contributed by atoms with Crippen LogP contribution in [0.15, 0.2) is 22.7 Å². The maximum Gasteiger partial charge on any atom is 0.229 e. The third-order valence-corrected chi connectivity index (χ3v) is 3.42. The number of benzene rings is 1. The lowest BCUT2D eigenvalue weighted by Gasteiger charge is -2.11. The van der Waals surface area contributed by atoms with E-state index in [-0.39, 0.29) is 24.2 Å². The fourth-order valence-corrected chi connectivity index (χ4v) is 2.11. The number of halogens is 1. The molecule has 90 valence electrons. The number of nitrogens with one attached hydrogen (secondary N) is 2. The second kappa shape index (κ2) is 4.87. The number of carbonyl (C=O) groups excluding carboxylic acids is 2. The van der Waals surface area contributed by atoms with Crippen molar-refractivity contribution in [2.24, 2.45) is 5.92 Å². The smallest absolute Gasteiger partial charge is 0.229 e. The number of hydrogen-bond acceptors (Lipinski definition) is 2. The summed E-state index contributed by atoms with van der Waals surface area (Å²) in [6.45, 7) is 2.39. The van der Waals surface area contributed by atoms with Gasteiger partial charge in [0.25, 0.3) is 0 Å². The first-order valence-electron chi connectivity index (χ1n) is 5.40. The van der Waals surface area contributed by atoms with Gasteiger partial charge in [0, 0.05) is 17.4 Å². The predicted octanol–water partition coefficient (Wildman–Crippen LogP) is 1.83. The molecule has 1 heterocycles. The van der Waals surface area contributed by atoms with Crippen molar-refractivity contribution in [3.05, 3.63) is 28.2 Å². The number of hydrogen-bond donors (Lipinski definition) is 2. The molecule has 2 amide bonds. The van der Waals surface area contributed by atoms with Crippen LogP contribution in [0.4, 0.5) is 5.69 Å². The fraction of sp³-hybridized carbons (Fsp3) is 0.333. The minimum atomic E-state index is -0.269. The Balaban J connectivity index is 2.07. The van der Waals surface area contributed by atoms with Crippen molar-refractivity contribution in [1.82, 2.24) is 5.32 Å². The molecule has 1 aromatic carbocycles. The van der Waals surface area contributed by atoms with Gasteiger partial charge in [-0.05, 0) is 40.5 Å². The third-order valence-electron chi connectivity index (χ3n) is 2.73. The van der Waals surface area contributed by atoms with E-state index >= 15 is 0 Å². The third kappa shape index (κ3) is 2.85. The lowest BCUT2D eigenvalue weighted by atomic mass is 10.1. The van der Waals surface area contributed by atoms with E-state index in [0.717, 1.165) is 15.7 Å². The Bertz CT molecular complexity index is 474. The molecule has 1 aliphatic heterocycles. The van der Waals surface area contributed by atoms with Gasteiger partial charge in [0.1, 0.15) is 0 Å². The van der Waals surface area contributed by atoms with Gasteiger partial charge in [0.15, 0.2) is 0 Å². The Hall–Kier alpha value is -1.36. The zero-order chi connectivity index (χ0) is 12.4. The second-order valence-electron chi connectivity index (χ2n) is 4.18. The molecule has 2 rings (SSSR count). The first kappa shape index (κ1) is 12.1. The summed E-state index contributed by atoms with van der Waals surface area (Å²) in [6, 6.07) is 5.75. The van der Waals surface area contributed by atoms with Gasteiger partial charge in [-0.15, -0.1) is 0 Å². The molecule has 1 aliphatic rings. The summed E-state index contributed by atoms with van der Waals surface area (Å²) >= 11 is 3.38. The highest BCUT2D eigenvalue weighted by Crippen LogP contribution is 2.24. The highest BCUT2D eigenvalue weighted by atomic mass is 79.9. The van der Waals surface area contributed by atoms with Crippen LogP contribution in [0.1, 0.15) is 12.0 Å². The van der Waals surface area contributed by atoms with Crippen molar-refractivity contribution in [1.29, 1.82) is 0 Å². The van der Waals surface area contributed by atoms with E-state index in [9.17, 15) is 9.59 Å². The number of rotatable bonds is 2. The molecule has 17 heavy (non-hydrogen) atoms. The molecule has 0 aliphatic carbocycles. The molecular formula is C12H13BrN2O2. The van der Waals surface area contributed by atoms with Crippen LogP contribution in [0.2, 0.25) is 0 Å². The second-order valence-corrected chi connectivity index (χ2v) is 5.03. The molecular weight excluding hydrogens is 284 g/mol. The number of aryl methyl sites for hydroxylation is 1. The van der Waals surface area contributed by atoms with E-state index in [0.29, 0.717) is 6.54 Å². The van der Waals surface area contributed by atoms with Gasteiger partial charge in [-0.1, -0.05) is 6.07 Å². The fourth-order valence-electron chi connectivity index (χ4n) is 1.76. The highest BCUT2D eigenvalue weighted by molar-refractivity contribution is 9.10. The first-order valence-corrected chi connectivity index (χ1v) is 6.19. The SMILES string of the molecule is Cc1ccc(Br)c(NC(=O)C2CNC(=O)C2)c1. The zero-order valence-electron chi connectivity index (χ0n) is 9.42. The number of amides is 2. The van der Waals surface area contributed by atoms with E-state index in [1.165, 1.54) is 0 Å². The average molecular weight is 297 g/mol. The van der Waals surface area contributed by atoms with Crippen molar-refractivity contribution >= 4 is 33.4 Å². The van der Waals surface area contributed by atoms with Crippen LogP contribution in [0.5, 0.6) is 0 Å². The molecule has 0 bridgehead atoms. The predicted molar refractivity (Wildman–Crippen MR) is 68.6 cm³/mol. The summed E-state index contributed by atoms with van der Waals surface area (Å²) in [7, 11) is 0. The zero-order valence-corrected chi connectivity index (χ0v) is 11.0. The number of anilines is 1.